The van der Waals surface area contributed by atoms with Gasteiger partial charge in [-0.2, -0.15) is 11.3 Å². The second kappa shape index (κ2) is 7.55. The summed E-state index contributed by atoms with van der Waals surface area (Å²) in [6, 6.07) is 3.58. The highest BCUT2D eigenvalue weighted by atomic mass is 32.1. The fraction of sp³-hybridized carbons (Fsp3) is 0.750. The van der Waals surface area contributed by atoms with Crippen molar-refractivity contribution < 1.29 is 0 Å². The largest absolute Gasteiger partial charge is 0.326 e. The second-order valence-electron chi connectivity index (χ2n) is 5.90. The summed E-state index contributed by atoms with van der Waals surface area (Å²) in [6.07, 6.45) is 2.27. The molecule has 20 heavy (non-hydrogen) atoms. The maximum Gasteiger partial charge on any atom is 0.0508 e. The van der Waals surface area contributed by atoms with Gasteiger partial charge in [0.05, 0.1) is 6.04 Å². The van der Waals surface area contributed by atoms with E-state index in [-0.39, 0.29) is 6.04 Å². The summed E-state index contributed by atoms with van der Waals surface area (Å²) in [6.45, 7) is 11.4. The van der Waals surface area contributed by atoms with Crippen molar-refractivity contribution in [2.24, 2.45) is 5.73 Å². The first-order valence-corrected chi connectivity index (χ1v) is 8.87. The number of rotatable bonds is 6. The van der Waals surface area contributed by atoms with Crippen LogP contribution in [-0.4, -0.2) is 48.1 Å². The maximum atomic E-state index is 6.41. The third-order valence-electron chi connectivity index (χ3n) is 4.72. The van der Waals surface area contributed by atoms with Crippen LogP contribution in [0.3, 0.4) is 0 Å². The zero-order valence-corrected chi connectivity index (χ0v) is 13.9. The van der Waals surface area contributed by atoms with E-state index in [2.05, 4.69) is 47.4 Å². The molecule has 0 aromatic carbocycles. The molecule has 3 nitrogen and oxygen atoms in total. The Labute approximate surface area is 127 Å². The summed E-state index contributed by atoms with van der Waals surface area (Å²) in [5.41, 5.74) is 7.81. The van der Waals surface area contributed by atoms with Gasteiger partial charge in [-0.05, 0) is 42.2 Å². The quantitative estimate of drug-likeness (QED) is 0.876. The van der Waals surface area contributed by atoms with Gasteiger partial charge in [-0.1, -0.05) is 13.8 Å². The van der Waals surface area contributed by atoms with E-state index in [9.17, 15) is 0 Å². The van der Waals surface area contributed by atoms with Gasteiger partial charge in [0.25, 0.3) is 0 Å². The summed E-state index contributed by atoms with van der Waals surface area (Å²) in [5, 5.41) is 4.43. The molecule has 3 unspecified atom stereocenters. The monoisotopic (exact) mass is 295 g/mol. The van der Waals surface area contributed by atoms with Crippen LogP contribution in [0.15, 0.2) is 16.8 Å². The van der Waals surface area contributed by atoms with E-state index in [1.807, 2.05) is 0 Å². The fourth-order valence-electron chi connectivity index (χ4n) is 3.11. The lowest BCUT2D eigenvalue weighted by Gasteiger charge is -2.43. The first-order chi connectivity index (χ1) is 9.67. The Morgan fingerprint density at radius 1 is 1.15 bits per heavy atom. The van der Waals surface area contributed by atoms with E-state index in [4.69, 9.17) is 5.73 Å². The highest BCUT2D eigenvalue weighted by Crippen LogP contribution is 2.28. The molecule has 1 aliphatic rings. The minimum absolute atomic E-state index is 0.236. The van der Waals surface area contributed by atoms with Gasteiger partial charge in [-0.25, -0.2) is 0 Å². The van der Waals surface area contributed by atoms with Gasteiger partial charge in [0.1, 0.15) is 0 Å². The first kappa shape index (κ1) is 16.0. The molecular formula is C16H29N3S. The zero-order valence-electron chi connectivity index (χ0n) is 13.1. The molecular weight excluding hydrogens is 266 g/mol. The minimum atomic E-state index is 0.236. The van der Waals surface area contributed by atoms with E-state index in [1.54, 1.807) is 11.3 Å². The molecule has 1 aromatic rings. The number of hydrogen-bond donors (Lipinski definition) is 1. The van der Waals surface area contributed by atoms with E-state index in [0.717, 1.165) is 19.5 Å². The highest BCUT2D eigenvalue weighted by Gasteiger charge is 2.29. The molecule has 0 radical (unpaired) electrons. The normalized spacial score (nSPS) is 22.6. The molecule has 114 valence electrons. The van der Waals surface area contributed by atoms with Crippen molar-refractivity contribution in [2.75, 3.05) is 26.2 Å². The topological polar surface area (TPSA) is 32.5 Å². The van der Waals surface area contributed by atoms with E-state index >= 15 is 0 Å². The zero-order chi connectivity index (χ0) is 14.5. The fourth-order valence-corrected chi connectivity index (χ4v) is 3.80. The molecule has 4 heteroatoms. The maximum absolute atomic E-state index is 6.41. The van der Waals surface area contributed by atoms with Crippen LogP contribution in [0, 0.1) is 0 Å². The van der Waals surface area contributed by atoms with Gasteiger partial charge in [0.2, 0.25) is 0 Å². The lowest BCUT2D eigenvalue weighted by Crippen LogP contribution is -2.53. The second-order valence-corrected chi connectivity index (χ2v) is 6.68. The molecule has 1 saturated heterocycles. The van der Waals surface area contributed by atoms with Crippen LogP contribution in [-0.2, 0) is 0 Å². The molecule has 0 amide bonds. The summed E-state index contributed by atoms with van der Waals surface area (Å²) in [7, 11) is 0. The average Bonchev–Trinajstić information content (AvgIpc) is 3.01. The predicted octanol–water partition coefficient (Wildman–Crippen LogP) is 2.94. The Balaban J connectivity index is 2.02. The summed E-state index contributed by atoms with van der Waals surface area (Å²) in [5.74, 6) is 0. The van der Waals surface area contributed by atoms with Crippen molar-refractivity contribution in [3.63, 3.8) is 0 Å². The van der Waals surface area contributed by atoms with E-state index in [1.165, 1.54) is 25.1 Å². The lowest BCUT2D eigenvalue weighted by molar-refractivity contribution is 0.0630. The molecule has 1 aliphatic heterocycles. The first-order valence-electron chi connectivity index (χ1n) is 7.93. The lowest BCUT2D eigenvalue weighted by atomic mass is 9.98. The molecule has 0 bridgehead atoms. The van der Waals surface area contributed by atoms with Crippen molar-refractivity contribution in [3.8, 4) is 0 Å². The van der Waals surface area contributed by atoms with Gasteiger partial charge in [0, 0.05) is 38.3 Å². The van der Waals surface area contributed by atoms with Crippen molar-refractivity contribution in [2.45, 2.75) is 51.7 Å². The van der Waals surface area contributed by atoms with Gasteiger partial charge >= 0.3 is 0 Å². The van der Waals surface area contributed by atoms with Gasteiger partial charge in [-0.3, -0.25) is 9.80 Å². The van der Waals surface area contributed by atoms with Crippen LogP contribution in [0.4, 0.5) is 0 Å². The van der Waals surface area contributed by atoms with Crippen molar-refractivity contribution in [3.05, 3.63) is 22.4 Å². The number of hydrogen-bond acceptors (Lipinski definition) is 4. The molecule has 0 spiro atoms. The van der Waals surface area contributed by atoms with Gasteiger partial charge in [0.15, 0.2) is 0 Å². The van der Waals surface area contributed by atoms with Crippen LogP contribution in [0.2, 0.25) is 0 Å². The molecule has 1 fully saturated rings. The number of nitrogens with zero attached hydrogens (tertiary/aromatic N) is 2. The summed E-state index contributed by atoms with van der Waals surface area (Å²) >= 11 is 1.78. The smallest absolute Gasteiger partial charge is 0.0508 e. The third-order valence-corrected chi connectivity index (χ3v) is 5.42. The van der Waals surface area contributed by atoms with Crippen LogP contribution in [0.1, 0.15) is 45.2 Å². The number of thiophene rings is 1. The molecule has 1 aromatic heterocycles. The van der Waals surface area contributed by atoms with E-state index < -0.39 is 0 Å². The number of nitrogens with two attached hydrogens (primary N) is 1. The van der Waals surface area contributed by atoms with Crippen molar-refractivity contribution >= 4 is 11.3 Å². The number of piperazine rings is 1. The van der Waals surface area contributed by atoms with Gasteiger partial charge in [-0.15, -0.1) is 0 Å². The van der Waals surface area contributed by atoms with Crippen LogP contribution < -0.4 is 5.73 Å². The van der Waals surface area contributed by atoms with Gasteiger partial charge < -0.3 is 5.73 Å². The van der Waals surface area contributed by atoms with Crippen LogP contribution in [0.25, 0.3) is 0 Å². The Morgan fingerprint density at radius 2 is 1.80 bits per heavy atom. The van der Waals surface area contributed by atoms with Crippen molar-refractivity contribution in [1.82, 2.24) is 9.80 Å². The Hall–Kier alpha value is -0.420. The van der Waals surface area contributed by atoms with Crippen molar-refractivity contribution in [1.29, 1.82) is 0 Å². The summed E-state index contributed by atoms with van der Waals surface area (Å²) in [4.78, 5) is 5.20. The average molecular weight is 295 g/mol. The Morgan fingerprint density at radius 3 is 2.30 bits per heavy atom. The molecule has 0 aliphatic carbocycles. The Bertz CT molecular complexity index is 371. The highest BCUT2D eigenvalue weighted by molar-refractivity contribution is 7.07. The molecule has 0 saturated carbocycles. The molecule has 2 N–H and O–H groups in total. The van der Waals surface area contributed by atoms with E-state index in [0.29, 0.717) is 12.1 Å². The van der Waals surface area contributed by atoms with Crippen LogP contribution >= 0.6 is 11.3 Å². The molecule has 2 rings (SSSR count). The standard InChI is InChI=1S/C16H29N3S/c1-4-13(3)18-7-9-19(10-8-18)16(15(17)5-2)14-6-11-20-12-14/h6,11-13,15-16H,4-5,7-10,17H2,1-3H3. The predicted molar refractivity (Wildman–Crippen MR) is 88.2 cm³/mol. The third kappa shape index (κ3) is 3.61. The summed E-state index contributed by atoms with van der Waals surface area (Å²) < 4.78 is 0. The SMILES string of the molecule is CCC(N)C(c1ccsc1)N1CCN(C(C)CC)CC1. The van der Waals surface area contributed by atoms with Crippen LogP contribution in [0.5, 0.6) is 0 Å². The Kier molecular flexibility index (Phi) is 6.02. The minimum Gasteiger partial charge on any atom is -0.326 e. The molecule has 3 atom stereocenters. The molecule has 2 heterocycles.